The quantitative estimate of drug-likeness (QED) is 0.609. The molecule has 2 aromatic rings. The average Bonchev–Trinajstić information content (AvgIpc) is 2.39. The molecule has 1 aromatic carbocycles. The van der Waals surface area contributed by atoms with E-state index in [-0.39, 0.29) is 0 Å². The first-order chi connectivity index (χ1) is 6.52. The summed E-state index contributed by atoms with van der Waals surface area (Å²) in [6, 6.07) is 2.14. The van der Waals surface area contributed by atoms with Crippen molar-refractivity contribution >= 4 is 11.0 Å². The molecule has 1 nitrogen and oxygen atoms in total. The van der Waals surface area contributed by atoms with Gasteiger partial charge in [0.25, 0.3) is 0 Å². The van der Waals surface area contributed by atoms with E-state index >= 15 is 0 Å². The number of hydrogen-bond donors (Lipinski definition) is 0. The second kappa shape index (κ2) is 2.88. The van der Waals surface area contributed by atoms with Gasteiger partial charge in [-0.05, 0) is 62.9 Å². The molecule has 0 aliphatic heterocycles. The van der Waals surface area contributed by atoms with E-state index in [9.17, 15) is 0 Å². The number of benzene rings is 1. The molecule has 0 bridgehead atoms. The second-order valence-electron chi connectivity index (χ2n) is 4.10. The predicted molar refractivity (Wildman–Crippen MR) is 59.9 cm³/mol. The smallest absolute Gasteiger partial charge is 0.135 e. The molecule has 74 valence electrons. The maximum absolute atomic E-state index is 5.72. The summed E-state index contributed by atoms with van der Waals surface area (Å²) in [5, 5.41) is 1.30. The van der Waals surface area contributed by atoms with E-state index in [1.165, 1.54) is 27.6 Å². The van der Waals surface area contributed by atoms with Crippen LogP contribution < -0.4 is 0 Å². The highest BCUT2D eigenvalue weighted by atomic mass is 16.3. The minimum atomic E-state index is 1.03. The molecule has 1 heterocycles. The molecule has 0 aliphatic rings. The van der Waals surface area contributed by atoms with Crippen LogP contribution >= 0.6 is 0 Å². The first kappa shape index (κ1) is 9.32. The van der Waals surface area contributed by atoms with Gasteiger partial charge in [0.15, 0.2) is 0 Å². The van der Waals surface area contributed by atoms with Crippen molar-refractivity contribution in [3.8, 4) is 0 Å². The van der Waals surface area contributed by atoms with Crippen molar-refractivity contribution in [2.75, 3.05) is 0 Å². The van der Waals surface area contributed by atoms with Gasteiger partial charge in [-0.25, -0.2) is 0 Å². The third-order valence-corrected chi connectivity index (χ3v) is 3.29. The van der Waals surface area contributed by atoms with E-state index in [0.29, 0.717) is 0 Å². The minimum absolute atomic E-state index is 1.03. The van der Waals surface area contributed by atoms with Crippen LogP contribution in [-0.2, 0) is 0 Å². The molecule has 0 atom stereocenters. The first-order valence-electron chi connectivity index (χ1n) is 4.99. The molecule has 0 N–H and O–H groups in total. The maximum Gasteiger partial charge on any atom is 0.135 e. The van der Waals surface area contributed by atoms with Crippen LogP contribution in [0.15, 0.2) is 10.5 Å². The van der Waals surface area contributed by atoms with Crippen molar-refractivity contribution in [2.24, 2.45) is 0 Å². The van der Waals surface area contributed by atoms with Crippen molar-refractivity contribution < 1.29 is 4.42 Å². The summed E-state index contributed by atoms with van der Waals surface area (Å²) < 4.78 is 5.72. The van der Waals surface area contributed by atoms with E-state index in [1.54, 1.807) is 0 Å². The van der Waals surface area contributed by atoms with Gasteiger partial charge < -0.3 is 4.42 Å². The van der Waals surface area contributed by atoms with Crippen molar-refractivity contribution in [1.82, 2.24) is 0 Å². The van der Waals surface area contributed by atoms with Gasteiger partial charge in [0.1, 0.15) is 11.3 Å². The molecule has 2 rings (SSSR count). The molecule has 0 saturated heterocycles. The Kier molecular flexibility index (Phi) is 1.91. The normalized spacial score (nSPS) is 11.2. The SMILES string of the molecule is Cc1cc2oc(C)c(C)c2c(C)c1C. The van der Waals surface area contributed by atoms with Gasteiger partial charge in [-0.1, -0.05) is 0 Å². The Bertz CT molecular complexity index is 504. The van der Waals surface area contributed by atoms with Crippen LogP contribution in [0.5, 0.6) is 0 Å². The van der Waals surface area contributed by atoms with E-state index in [2.05, 4.69) is 33.8 Å². The number of rotatable bonds is 0. The van der Waals surface area contributed by atoms with Gasteiger partial charge in [-0.15, -0.1) is 0 Å². The molecular formula is C13H16O. The molecule has 0 aliphatic carbocycles. The fourth-order valence-corrected chi connectivity index (χ4v) is 2.01. The largest absolute Gasteiger partial charge is 0.461 e. The Labute approximate surface area is 84.7 Å². The molecule has 14 heavy (non-hydrogen) atoms. The third kappa shape index (κ3) is 1.08. The standard InChI is InChI=1S/C13H16O/c1-7-6-12-13(9(3)8(7)2)10(4)11(5)14-12/h6H,1-5H3. The zero-order valence-corrected chi connectivity index (χ0v) is 9.49. The van der Waals surface area contributed by atoms with Crippen LogP contribution in [0.25, 0.3) is 11.0 Å². The fraction of sp³-hybridized carbons (Fsp3) is 0.385. The van der Waals surface area contributed by atoms with Gasteiger partial charge in [-0.3, -0.25) is 0 Å². The van der Waals surface area contributed by atoms with Gasteiger partial charge in [0.05, 0.1) is 0 Å². The van der Waals surface area contributed by atoms with E-state index in [4.69, 9.17) is 4.42 Å². The Morgan fingerprint density at radius 3 is 2.14 bits per heavy atom. The van der Waals surface area contributed by atoms with E-state index in [0.717, 1.165) is 11.3 Å². The van der Waals surface area contributed by atoms with E-state index in [1.807, 2.05) is 6.92 Å². The topological polar surface area (TPSA) is 13.1 Å². The molecule has 0 radical (unpaired) electrons. The molecule has 0 spiro atoms. The lowest BCUT2D eigenvalue weighted by molar-refractivity contribution is 0.574. The summed E-state index contributed by atoms with van der Waals surface area (Å²) in [5.74, 6) is 1.04. The summed E-state index contributed by atoms with van der Waals surface area (Å²) in [5.41, 5.74) is 6.35. The lowest BCUT2D eigenvalue weighted by atomic mass is 9.98. The molecule has 0 unspecified atom stereocenters. The van der Waals surface area contributed by atoms with Crippen LogP contribution in [0.1, 0.15) is 28.0 Å². The summed E-state index contributed by atoms with van der Waals surface area (Å²) in [7, 11) is 0. The van der Waals surface area contributed by atoms with Crippen LogP contribution in [-0.4, -0.2) is 0 Å². The summed E-state index contributed by atoms with van der Waals surface area (Å²) >= 11 is 0. The molecule has 0 amide bonds. The van der Waals surface area contributed by atoms with Gasteiger partial charge in [0.2, 0.25) is 0 Å². The van der Waals surface area contributed by atoms with Crippen LogP contribution in [0.2, 0.25) is 0 Å². The second-order valence-corrected chi connectivity index (χ2v) is 4.10. The van der Waals surface area contributed by atoms with Crippen molar-refractivity contribution in [3.63, 3.8) is 0 Å². The van der Waals surface area contributed by atoms with Crippen molar-refractivity contribution in [1.29, 1.82) is 0 Å². The highest BCUT2D eigenvalue weighted by Gasteiger charge is 2.11. The summed E-state index contributed by atoms with van der Waals surface area (Å²) in [6.45, 7) is 10.6. The Hall–Kier alpha value is -1.24. The zero-order chi connectivity index (χ0) is 10.5. The van der Waals surface area contributed by atoms with Crippen molar-refractivity contribution in [3.05, 3.63) is 34.1 Å². The lowest BCUT2D eigenvalue weighted by Crippen LogP contribution is -1.87. The lowest BCUT2D eigenvalue weighted by Gasteiger charge is -2.05. The average molecular weight is 188 g/mol. The number of hydrogen-bond acceptors (Lipinski definition) is 1. The van der Waals surface area contributed by atoms with Crippen LogP contribution in [0.4, 0.5) is 0 Å². The molecule has 1 heteroatoms. The Morgan fingerprint density at radius 2 is 1.50 bits per heavy atom. The predicted octanol–water partition coefficient (Wildman–Crippen LogP) is 3.97. The van der Waals surface area contributed by atoms with Gasteiger partial charge >= 0.3 is 0 Å². The Morgan fingerprint density at radius 1 is 0.857 bits per heavy atom. The van der Waals surface area contributed by atoms with Gasteiger partial charge in [0, 0.05) is 5.39 Å². The number of fused-ring (bicyclic) bond motifs is 1. The van der Waals surface area contributed by atoms with Crippen LogP contribution in [0, 0.1) is 34.6 Å². The first-order valence-corrected chi connectivity index (χ1v) is 4.99. The van der Waals surface area contributed by atoms with Crippen LogP contribution in [0.3, 0.4) is 0 Å². The molecule has 1 aromatic heterocycles. The molecule has 0 saturated carbocycles. The third-order valence-electron chi connectivity index (χ3n) is 3.29. The highest BCUT2D eigenvalue weighted by molar-refractivity contribution is 5.87. The minimum Gasteiger partial charge on any atom is -0.461 e. The summed E-state index contributed by atoms with van der Waals surface area (Å²) in [4.78, 5) is 0. The molecular weight excluding hydrogens is 172 g/mol. The number of aryl methyl sites for hydroxylation is 4. The fourth-order valence-electron chi connectivity index (χ4n) is 2.01. The molecule has 0 fully saturated rings. The number of furan rings is 1. The highest BCUT2D eigenvalue weighted by Crippen LogP contribution is 2.31. The summed E-state index contributed by atoms with van der Waals surface area (Å²) in [6.07, 6.45) is 0. The van der Waals surface area contributed by atoms with Crippen molar-refractivity contribution in [2.45, 2.75) is 34.6 Å². The van der Waals surface area contributed by atoms with Gasteiger partial charge in [-0.2, -0.15) is 0 Å². The monoisotopic (exact) mass is 188 g/mol. The Balaban J connectivity index is 2.99. The zero-order valence-electron chi connectivity index (χ0n) is 9.49. The maximum atomic E-state index is 5.72. The van der Waals surface area contributed by atoms with E-state index < -0.39 is 0 Å².